The van der Waals surface area contributed by atoms with Crippen LogP contribution in [0.5, 0.6) is 0 Å². The van der Waals surface area contributed by atoms with Gasteiger partial charge in [-0.25, -0.2) is 0 Å². The fourth-order valence-corrected chi connectivity index (χ4v) is 5.90. The van der Waals surface area contributed by atoms with Crippen LogP contribution in [0.25, 0.3) is 71.2 Å². The van der Waals surface area contributed by atoms with Crippen LogP contribution in [-0.2, 0) is 0 Å². The maximum atomic E-state index is 4.82. The molecule has 3 heteroatoms. The predicted molar refractivity (Wildman–Crippen MR) is 154 cm³/mol. The van der Waals surface area contributed by atoms with Gasteiger partial charge in [0.15, 0.2) is 0 Å². The van der Waals surface area contributed by atoms with Crippen LogP contribution in [0.3, 0.4) is 0 Å². The van der Waals surface area contributed by atoms with Gasteiger partial charge in [0.2, 0.25) is 0 Å². The molecule has 0 saturated heterocycles. The summed E-state index contributed by atoms with van der Waals surface area (Å²) in [6.45, 7) is 0. The first-order chi connectivity index (χ1) is 18.4. The van der Waals surface area contributed by atoms with E-state index in [9.17, 15) is 0 Å². The molecule has 0 spiro atoms. The summed E-state index contributed by atoms with van der Waals surface area (Å²) in [5, 5.41) is 10.2. The average Bonchev–Trinajstić information content (AvgIpc) is 3.33. The lowest BCUT2D eigenvalue weighted by molar-refractivity contribution is 1.14. The van der Waals surface area contributed by atoms with E-state index in [0.717, 1.165) is 17.1 Å². The van der Waals surface area contributed by atoms with E-state index < -0.39 is 0 Å². The topological polar surface area (TPSA) is 30.7 Å². The van der Waals surface area contributed by atoms with E-state index in [-0.39, 0.29) is 0 Å². The average molecular weight is 472 g/mol. The summed E-state index contributed by atoms with van der Waals surface area (Å²) in [5.41, 5.74) is 5.17. The van der Waals surface area contributed by atoms with Crippen LogP contribution in [0.15, 0.2) is 128 Å². The first-order valence-electron chi connectivity index (χ1n) is 12.5. The van der Waals surface area contributed by atoms with Crippen molar-refractivity contribution in [2.75, 3.05) is 0 Å². The molecule has 37 heavy (non-hydrogen) atoms. The smallest absolute Gasteiger partial charge is 0.0887 e. The van der Waals surface area contributed by atoms with Crippen LogP contribution in [0.4, 0.5) is 0 Å². The minimum atomic E-state index is 0.867. The second-order valence-corrected chi connectivity index (χ2v) is 9.45. The molecule has 172 valence electrons. The Morgan fingerprint density at radius 1 is 0.459 bits per heavy atom. The molecule has 8 aromatic rings. The van der Waals surface area contributed by atoms with Crippen LogP contribution in [0, 0.1) is 0 Å². The molecule has 0 aliphatic carbocycles. The second kappa shape index (κ2) is 7.74. The molecule has 3 aromatic heterocycles. The third kappa shape index (κ3) is 2.88. The third-order valence-electron chi connectivity index (χ3n) is 7.46. The van der Waals surface area contributed by atoms with Crippen molar-refractivity contribution in [3.8, 4) is 17.1 Å². The van der Waals surface area contributed by atoms with Gasteiger partial charge in [0.25, 0.3) is 0 Å². The van der Waals surface area contributed by atoms with Gasteiger partial charge in [-0.05, 0) is 57.3 Å². The fourth-order valence-electron chi connectivity index (χ4n) is 5.90. The van der Waals surface area contributed by atoms with E-state index in [4.69, 9.17) is 4.98 Å². The molecular weight excluding hydrogens is 450 g/mol. The zero-order valence-corrected chi connectivity index (χ0v) is 20.0. The Bertz CT molecular complexity index is 2120. The molecule has 0 amide bonds. The lowest BCUT2D eigenvalue weighted by atomic mass is 9.93. The number of aromatic nitrogens is 3. The first-order valence-corrected chi connectivity index (χ1v) is 12.5. The molecule has 0 unspecified atom stereocenters. The highest BCUT2D eigenvalue weighted by atomic mass is 15.0. The zero-order valence-electron chi connectivity index (χ0n) is 20.0. The molecule has 0 N–H and O–H groups in total. The highest BCUT2D eigenvalue weighted by Gasteiger charge is 2.19. The van der Waals surface area contributed by atoms with Crippen LogP contribution >= 0.6 is 0 Å². The number of benzene rings is 5. The van der Waals surface area contributed by atoms with Gasteiger partial charge >= 0.3 is 0 Å². The summed E-state index contributed by atoms with van der Waals surface area (Å²) in [7, 11) is 0. The number of hydrogen-bond donors (Lipinski definition) is 0. The van der Waals surface area contributed by atoms with Gasteiger partial charge in [0.05, 0.1) is 34.3 Å². The number of fused-ring (bicyclic) bond motifs is 10. The van der Waals surface area contributed by atoms with Crippen LogP contribution < -0.4 is 0 Å². The van der Waals surface area contributed by atoms with Crippen molar-refractivity contribution < 1.29 is 0 Å². The number of para-hydroxylation sites is 1. The molecule has 8 rings (SSSR count). The molecule has 0 fully saturated rings. The van der Waals surface area contributed by atoms with Crippen molar-refractivity contribution in [2.24, 2.45) is 0 Å². The van der Waals surface area contributed by atoms with Gasteiger partial charge in [-0.2, -0.15) is 0 Å². The first kappa shape index (κ1) is 20.2. The van der Waals surface area contributed by atoms with E-state index in [1.165, 1.54) is 54.1 Å². The lowest BCUT2D eigenvalue weighted by Gasteiger charge is -2.13. The van der Waals surface area contributed by atoms with E-state index in [1.807, 2.05) is 24.4 Å². The Hall–Kier alpha value is -5.02. The van der Waals surface area contributed by atoms with Gasteiger partial charge < -0.3 is 4.57 Å². The van der Waals surface area contributed by atoms with Crippen molar-refractivity contribution in [1.29, 1.82) is 0 Å². The fraction of sp³-hybridized carbons (Fsp3) is 0. The van der Waals surface area contributed by atoms with E-state index >= 15 is 0 Å². The summed E-state index contributed by atoms with van der Waals surface area (Å²) in [4.78, 5) is 9.29. The summed E-state index contributed by atoms with van der Waals surface area (Å²) in [5.74, 6) is 0. The van der Waals surface area contributed by atoms with Gasteiger partial charge in [0, 0.05) is 22.4 Å². The van der Waals surface area contributed by atoms with E-state index in [0.29, 0.717) is 0 Å². The lowest BCUT2D eigenvalue weighted by Crippen LogP contribution is -1.97. The van der Waals surface area contributed by atoms with Gasteiger partial charge in [0.1, 0.15) is 0 Å². The summed E-state index contributed by atoms with van der Waals surface area (Å²) in [6, 6.07) is 40.9. The van der Waals surface area contributed by atoms with Crippen molar-refractivity contribution in [3.63, 3.8) is 0 Å². The van der Waals surface area contributed by atoms with Gasteiger partial charge in [-0.15, -0.1) is 0 Å². The number of rotatable bonds is 2. The van der Waals surface area contributed by atoms with E-state index in [2.05, 4.69) is 107 Å². The molecule has 0 bridgehead atoms. The molecule has 0 aliphatic heterocycles. The predicted octanol–water partition coefficient (Wildman–Crippen LogP) is 8.70. The molecule has 0 atom stereocenters. The maximum absolute atomic E-state index is 4.82. The SMILES string of the molecule is c1ccc(-c2ccc(-n3c4ccccc4c4c5ccc6ccccc6c5c5ccccc5c43)cn2)nc1. The number of hydrogen-bond acceptors (Lipinski definition) is 2. The Morgan fingerprint density at radius 3 is 2.00 bits per heavy atom. The molecule has 3 heterocycles. The molecule has 0 saturated carbocycles. The molecule has 0 aliphatic rings. The molecule has 5 aromatic carbocycles. The summed E-state index contributed by atoms with van der Waals surface area (Å²) >= 11 is 0. The summed E-state index contributed by atoms with van der Waals surface area (Å²) < 4.78 is 2.37. The Kier molecular flexibility index (Phi) is 4.23. The zero-order chi connectivity index (χ0) is 24.3. The molecular formula is C34H21N3. The van der Waals surface area contributed by atoms with Crippen molar-refractivity contribution >= 4 is 54.1 Å². The number of nitrogens with zero attached hydrogens (tertiary/aromatic N) is 3. The standard InChI is InChI=1S/C34H21N3/c1-2-10-24-22(9-1)16-18-28-32(24)25-11-3-4-12-26(25)34-33(28)27-13-5-6-15-31(27)37(34)23-17-19-30(36-21-23)29-14-7-8-20-35-29/h1-21H. The van der Waals surface area contributed by atoms with Crippen LogP contribution in [-0.4, -0.2) is 14.5 Å². The highest BCUT2D eigenvalue weighted by molar-refractivity contribution is 6.36. The van der Waals surface area contributed by atoms with Gasteiger partial charge in [-0.3, -0.25) is 9.97 Å². The van der Waals surface area contributed by atoms with E-state index in [1.54, 1.807) is 6.20 Å². The minimum Gasteiger partial charge on any atom is -0.307 e. The van der Waals surface area contributed by atoms with Crippen molar-refractivity contribution in [3.05, 3.63) is 128 Å². The monoisotopic (exact) mass is 471 g/mol. The minimum absolute atomic E-state index is 0.867. The Labute approximate surface area is 213 Å². The van der Waals surface area contributed by atoms with Crippen molar-refractivity contribution in [1.82, 2.24) is 14.5 Å². The Balaban J connectivity index is 1.55. The van der Waals surface area contributed by atoms with Crippen LogP contribution in [0.1, 0.15) is 0 Å². The quantitative estimate of drug-likeness (QED) is 0.236. The highest BCUT2D eigenvalue weighted by Crippen LogP contribution is 2.44. The number of pyridine rings is 2. The second-order valence-electron chi connectivity index (χ2n) is 9.45. The van der Waals surface area contributed by atoms with Crippen LogP contribution in [0.2, 0.25) is 0 Å². The third-order valence-corrected chi connectivity index (χ3v) is 7.46. The maximum Gasteiger partial charge on any atom is 0.0887 e. The van der Waals surface area contributed by atoms with Crippen molar-refractivity contribution in [2.45, 2.75) is 0 Å². The van der Waals surface area contributed by atoms with Gasteiger partial charge in [-0.1, -0.05) is 84.9 Å². The Morgan fingerprint density at radius 2 is 1.19 bits per heavy atom. The largest absolute Gasteiger partial charge is 0.307 e. The normalized spacial score (nSPS) is 11.8. The summed E-state index contributed by atoms with van der Waals surface area (Å²) in [6.07, 6.45) is 3.77. The molecule has 0 radical (unpaired) electrons. The molecule has 3 nitrogen and oxygen atoms in total.